The van der Waals surface area contributed by atoms with Gasteiger partial charge in [-0.1, -0.05) is 37.4 Å². The predicted octanol–water partition coefficient (Wildman–Crippen LogP) is 5.12. The van der Waals surface area contributed by atoms with Gasteiger partial charge in [0.1, 0.15) is 0 Å². The van der Waals surface area contributed by atoms with Crippen LogP contribution < -0.4 is 5.32 Å². The zero-order chi connectivity index (χ0) is 28.6. The minimum atomic E-state index is -6.05. The van der Waals surface area contributed by atoms with Gasteiger partial charge in [-0.3, -0.25) is 24.5 Å². The first kappa shape index (κ1) is 28.1. The minimum Gasteiger partial charge on any atom is -0.311 e. The van der Waals surface area contributed by atoms with Crippen molar-refractivity contribution in [3.63, 3.8) is 0 Å². The topological polar surface area (TPSA) is 83.6 Å². The van der Waals surface area contributed by atoms with Gasteiger partial charge in [0.25, 0.3) is 17.7 Å². The van der Waals surface area contributed by atoms with Crippen molar-refractivity contribution in [2.75, 3.05) is 7.05 Å². The number of hydrogen-bond acceptors (Lipinski definition) is 4. The van der Waals surface area contributed by atoms with E-state index >= 15 is 0 Å². The molecule has 2 aromatic carbocycles. The van der Waals surface area contributed by atoms with Gasteiger partial charge in [-0.25, -0.2) is 0 Å². The maximum atomic E-state index is 14.6. The fourth-order valence-corrected chi connectivity index (χ4v) is 4.20. The number of benzene rings is 2. The molecule has 0 radical (unpaired) electrons. The van der Waals surface area contributed by atoms with E-state index in [4.69, 9.17) is 0 Å². The van der Waals surface area contributed by atoms with Gasteiger partial charge in [0.15, 0.2) is 6.29 Å². The van der Waals surface area contributed by atoms with E-state index in [1.54, 1.807) is 5.32 Å². The smallest absolute Gasteiger partial charge is 0.311 e. The number of alkyl halides is 6. The van der Waals surface area contributed by atoms with E-state index in [-0.39, 0.29) is 12.0 Å². The molecule has 1 aliphatic heterocycles. The number of aldehydes is 1. The first-order valence-corrected chi connectivity index (χ1v) is 10.6. The summed E-state index contributed by atoms with van der Waals surface area (Å²) in [5.41, 5.74) is -9.77. The number of allylic oxidation sites excluding steroid dienone is 3. The van der Waals surface area contributed by atoms with Crippen molar-refractivity contribution in [2.24, 2.45) is 0 Å². The van der Waals surface area contributed by atoms with Crippen LogP contribution in [0.3, 0.4) is 0 Å². The maximum absolute atomic E-state index is 14.6. The molecular formula is C26H18F6N2O4. The molecular weight excluding hydrogens is 518 g/mol. The molecule has 1 N–H and O–H groups in total. The van der Waals surface area contributed by atoms with E-state index in [1.807, 2.05) is 0 Å². The van der Waals surface area contributed by atoms with Gasteiger partial charge < -0.3 is 4.90 Å². The number of hydrogen-bond donors (Lipinski definition) is 1. The average molecular weight is 536 g/mol. The summed E-state index contributed by atoms with van der Waals surface area (Å²) in [7, 11) is 1.18. The SMILES string of the molecule is C=C/C=C(\C=C)N(C)C(=O)c1cc(C(c2ccc3c(c2)C(=O)NC3=O)(C(F)(F)F)C(F)(F)F)ccc1C=O. The van der Waals surface area contributed by atoms with Crippen molar-refractivity contribution >= 4 is 24.0 Å². The Labute approximate surface area is 211 Å². The first-order valence-electron chi connectivity index (χ1n) is 10.6. The van der Waals surface area contributed by atoms with E-state index in [9.17, 15) is 45.5 Å². The minimum absolute atomic E-state index is 0.0967. The summed E-state index contributed by atoms with van der Waals surface area (Å²) < 4.78 is 87.8. The Morgan fingerprint density at radius 2 is 1.45 bits per heavy atom. The van der Waals surface area contributed by atoms with E-state index in [1.165, 1.54) is 25.3 Å². The van der Waals surface area contributed by atoms with E-state index in [0.29, 0.717) is 36.4 Å². The molecule has 6 nitrogen and oxygen atoms in total. The van der Waals surface area contributed by atoms with Gasteiger partial charge in [-0.2, -0.15) is 26.3 Å². The molecule has 2 aromatic rings. The van der Waals surface area contributed by atoms with Gasteiger partial charge in [0.2, 0.25) is 5.41 Å². The van der Waals surface area contributed by atoms with Crippen LogP contribution in [0.4, 0.5) is 26.3 Å². The molecule has 0 unspecified atom stereocenters. The standard InChI is InChI=1S/C26H18F6N2O4/c1-4-6-17(5-2)34(3)23(38)19-11-15(8-7-14(19)13-35)24(25(27,28)29,26(30,31)32)16-9-10-18-20(12-16)22(37)33-21(18)36/h4-13H,1-2H2,3H3,(H,33,36,37)/b17-6+. The zero-order valence-corrected chi connectivity index (χ0v) is 19.5. The number of nitrogens with one attached hydrogen (secondary N) is 1. The number of fused-ring (bicyclic) bond motifs is 1. The van der Waals surface area contributed by atoms with Crippen LogP contribution >= 0.6 is 0 Å². The van der Waals surface area contributed by atoms with Crippen LogP contribution in [0, 0.1) is 0 Å². The van der Waals surface area contributed by atoms with Crippen molar-refractivity contribution in [2.45, 2.75) is 17.8 Å². The number of carbonyl (C=O) groups is 4. The van der Waals surface area contributed by atoms with Gasteiger partial charge in [-0.05, 0) is 41.5 Å². The predicted molar refractivity (Wildman–Crippen MR) is 124 cm³/mol. The van der Waals surface area contributed by atoms with Crippen molar-refractivity contribution in [1.29, 1.82) is 0 Å². The molecule has 0 spiro atoms. The van der Waals surface area contributed by atoms with E-state index in [0.717, 1.165) is 4.90 Å². The van der Waals surface area contributed by atoms with Crippen molar-refractivity contribution in [3.8, 4) is 0 Å². The molecule has 38 heavy (non-hydrogen) atoms. The quantitative estimate of drug-likeness (QED) is 0.231. The molecule has 0 saturated heterocycles. The van der Waals surface area contributed by atoms with Gasteiger partial charge >= 0.3 is 12.4 Å². The average Bonchev–Trinajstić information content (AvgIpc) is 3.12. The second-order valence-corrected chi connectivity index (χ2v) is 8.10. The highest BCUT2D eigenvalue weighted by atomic mass is 19.4. The van der Waals surface area contributed by atoms with Crippen LogP contribution in [-0.4, -0.2) is 48.3 Å². The van der Waals surface area contributed by atoms with Crippen molar-refractivity contribution < 1.29 is 45.5 Å². The summed E-state index contributed by atoms with van der Waals surface area (Å²) >= 11 is 0. The highest BCUT2D eigenvalue weighted by Gasteiger charge is 2.72. The molecule has 0 bridgehead atoms. The lowest BCUT2D eigenvalue weighted by Crippen LogP contribution is -2.55. The Hall–Kier alpha value is -4.48. The third-order valence-electron chi connectivity index (χ3n) is 6.05. The van der Waals surface area contributed by atoms with Crippen molar-refractivity contribution in [3.05, 3.63) is 107 Å². The normalized spacial score (nSPS) is 14.0. The van der Waals surface area contributed by atoms with Crippen molar-refractivity contribution in [1.82, 2.24) is 10.2 Å². The molecule has 0 saturated carbocycles. The molecule has 0 atom stereocenters. The second kappa shape index (κ2) is 9.77. The molecule has 0 aromatic heterocycles. The largest absolute Gasteiger partial charge is 0.411 e. The monoisotopic (exact) mass is 536 g/mol. The summed E-state index contributed by atoms with van der Waals surface area (Å²) in [5, 5.41) is 1.81. The van der Waals surface area contributed by atoms with Gasteiger partial charge in [-0.15, -0.1) is 0 Å². The van der Waals surface area contributed by atoms with Crippen LogP contribution in [-0.2, 0) is 5.41 Å². The van der Waals surface area contributed by atoms with E-state index < -0.39 is 68.9 Å². The van der Waals surface area contributed by atoms with E-state index in [2.05, 4.69) is 13.2 Å². The van der Waals surface area contributed by atoms with Crippen LogP contribution in [0.15, 0.2) is 73.5 Å². The molecule has 12 heteroatoms. The lowest BCUT2D eigenvalue weighted by Gasteiger charge is -2.38. The molecule has 3 amide bonds. The summed E-state index contributed by atoms with van der Waals surface area (Å²) in [6, 6.07) is 2.93. The Morgan fingerprint density at radius 3 is 1.97 bits per heavy atom. The fourth-order valence-electron chi connectivity index (χ4n) is 4.20. The summed E-state index contributed by atoms with van der Waals surface area (Å²) in [6.45, 7) is 6.93. The maximum Gasteiger partial charge on any atom is 0.411 e. The van der Waals surface area contributed by atoms with Gasteiger partial charge in [0, 0.05) is 18.3 Å². The lowest BCUT2D eigenvalue weighted by molar-refractivity contribution is -0.288. The second-order valence-electron chi connectivity index (χ2n) is 8.10. The molecule has 0 aliphatic carbocycles. The number of halogens is 6. The highest BCUT2D eigenvalue weighted by molar-refractivity contribution is 6.21. The van der Waals surface area contributed by atoms with Crippen LogP contribution in [0.2, 0.25) is 0 Å². The lowest BCUT2D eigenvalue weighted by atomic mass is 9.71. The highest BCUT2D eigenvalue weighted by Crippen LogP contribution is 2.56. The number of rotatable bonds is 7. The zero-order valence-electron chi connectivity index (χ0n) is 19.5. The number of imide groups is 1. The van der Waals surface area contributed by atoms with Crippen LogP contribution in [0.25, 0.3) is 0 Å². The molecule has 198 valence electrons. The summed E-state index contributed by atoms with van der Waals surface area (Å²) in [6.07, 6.45) is -8.22. The number of nitrogens with zero attached hydrogens (tertiary/aromatic N) is 1. The molecule has 1 heterocycles. The van der Waals surface area contributed by atoms with Crippen LogP contribution in [0.5, 0.6) is 0 Å². The fraction of sp³-hybridized carbons (Fsp3) is 0.154. The molecule has 1 aliphatic rings. The molecule has 3 rings (SSSR count). The number of likely N-dealkylation sites (N-methyl/N-ethyl adjacent to an activating group) is 1. The Morgan fingerprint density at radius 1 is 0.895 bits per heavy atom. The van der Waals surface area contributed by atoms with Crippen LogP contribution in [0.1, 0.15) is 52.6 Å². The number of carbonyl (C=O) groups excluding carboxylic acids is 4. The summed E-state index contributed by atoms with van der Waals surface area (Å²) in [4.78, 5) is 49.5. The summed E-state index contributed by atoms with van der Waals surface area (Å²) in [5.74, 6) is -3.23. The van der Waals surface area contributed by atoms with Gasteiger partial charge in [0.05, 0.1) is 16.7 Å². The Balaban J connectivity index is 2.39. The first-order chi connectivity index (χ1) is 17.6. The third kappa shape index (κ3) is 4.31. The Bertz CT molecular complexity index is 1390. The third-order valence-corrected chi connectivity index (χ3v) is 6.05. The number of amides is 3. The molecule has 0 fully saturated rings. The Kier molecular flexibility index (Phi) is 7.22.